The Labute approximate surface area is 98.8 Å². The van der Waals surface area contributed by atoms with Gasteiger partial charge in [-0.25, -0.2) is 22.6 Å². The van der Waals surface area contributed by atoms with Crippen LogP contribution in [0.25, 0.3) is 5.69 Å². The molecule has 0 amide bonds. The lowest BCUT2D eigenvalue weighted by atomic mass is 10.3. The van der Waals surface area contributed by atoms with Gasteiger partial charge in [-0.05, 0) is 0 Å². The molecule has 94 valence electrons. The van der Waals surface area contributed by atoms with Crippen molar-refractivity contribution in [3.63, 3.8) is 0 Å². The molecule has 1 aromatic heterocycles. The molecule has 1 aromatic carbocycles. The summed E-state index contributed by atoms with van der Waals surface area (Å²) in [6.45, 7) is 0. The van der Waals surface area contributed by atoms with Crippen molar-refractivity contribution < 1.29 is 22.7 Å². The van der Waals surface area contributed by atoms with Gasteiger partial charge in [0.05, 0.1) is 19.0 Å². The first kappa shape index (κ1) is 12.1. The second kappa shape index (κ2) is 4.47. The Morgan fingerprint density at radius 1 is 1.28 bits per heavy atom. The van der Waals surface area contributed by atoms with Crippen molar-refractivity contribution in [2.45, 2.75) is 0 Å². The summed E-state index contributed by atoms with van der Waals surface area (Å²) < 4.78 is 44.0. The van der Waals surface area contributed by atoms with E-state index in [9.17, 15) is 18.0 Å². The van der Waals surface area contributed by atoms with Gasteiger partial charge in [0.2, 0.25) is 0 Å². The maximum Gasteiger partial charge on any atom is 0.360 e. The molecule has 0 saturated heterocycles. The van der Waals surface area contributed by atoms with Gasteiger partial charge in [-0.2, -0.15) is 0 Å². The van der Waals surface area contributed by atoms with Crippen LogP contribution in [-0.2, 0) is 4.74 Å². The Morgan fingerprint density at radius 2 is 1.89 bits per heavy atom. The Bertz CT molecular complexity index is 589. The van der Waals surface area contributed by atoms with Gasteiger partial charge in [0.1, 0.15) is 0 Å². The van der Waals surface area contributed by atoms with Crippen molar-refractivity contribution >= 4 is 5.97 Å². The molecule has 0 unspecified atom stereocenters. The zero-order chi connectivity index (χ0) is 13.3. The fraction of sp³-hybridized carbons (Fsp3) is 0.100. The van der Waals surface area contributed by atoms with Gasteiger partial charge in [-0.1, -0.05) is 5.21 Å². The molecule has 0 radical (unpaired) electrons. The maximum absolute atomic E-state index is 13.0. The van der Waals surface area contributed by atoms with E-state index in [-0.39, 0.29) is 11.4 Å². The third-order valence-electron chi connectivity index (χ3n) is 2.12. The van der Waals surface area contributed by atoms with Crippen molar-refractivity contribution in [3.8, 4) is 5.69 Å². The zero-order valence-corrected chi connectivity index (χ0v) is 9.02. The number of carbonyl (C=O) groups excluding carboxylic acids is 1. The number of ether oxygens (including phenoxy) is 1. The number of nitrogens with zero attached hydrogens (tertiary/aromatic N) is 3. The van der Waals surface area contributed by atoms with Crippen LogP contribution in [0.15, 0.2) is 18.3 Å². The summed E-state index contributed by atoms with van der Waals surface area (Å²) in [4.78, 5) is 11.1. The Hall–Kier alpha value is -2.38. The summed E-state index contributed by atoms with van der Waals surface area (Å²) in [5.41, 5.74) is -0.239. The number of esters is 1. The van der Waals surface area contributed by atoms with Crippen molar-refractivity contribution in [2.24, 2.45) is 0 Å². The highest BCUT2D eigenvalue weighted by Crippen LogP contribution is 2.16. The van der Waals surface area contributed by atoms with Gasteiger partial charge in [0.25, 0.3) is 0 Å². The lowest BCUT2D eigenvalue weighted by molar-refractivity contribution is 0.0594. The molecule has 1 heterocycles. The molecular formula is C10H6F3N3O2. The summed E-state index contributed by atoms with van der Waals surface area (Å²) >= 11 is 0. The van der Waals surface area contributed by atoms with Crippen molar-refractivity contribution in [2.75, 3.05) is 7.11 Å². The zero-order valence-electron chi connectivity index (χ0n) is 9.02. The van der Waals surface area contributed by atoms with E-state index in [0.29, 0.717) is 0 Å². The van der Waals surface area contributed by atoms with Gasteiger partial charge in [0, 0.05) is 12.1 Å². The summed E-state index contributed by atoms with van der Waals surface area (Å²) in [6.07, 6.45) is 1.11. The highest BCUT2D eigenvalue weighted by Gasteiger charge is 2.15. The highest BCUT2D eigenvalue weighted by atomic mass is 19.2. The van der Waals surface area contributed by atoms with Gasteiger partial charge < -0.3 is 4.74 Å². The molecule has 2 rings (SSSR count). The van der Waals surface area contributed by atoms with E-state index in [2.05, 4.69) is 15.0 Å². The van der Waals surface area contributed by atoms with E-state index in [4.69, 9.17) is 0 Å². The number of carbonyl (C=O) groups is 1. The molecule has 2 aromatic rings. The van der Waals surface area contributed by atoms with E-state index >= 15 is 0 Å². The molecule has 0 aliphatic rings. The summed E-state index contributed by atoms with van der Waals surface area (Å²) in [5, 5.41) is 6.92. The minimum Gasteiger partial charge on any atom is -0.464 e. The van der Waals surface area contributed by atoms with Crippen LogP contribution in [0.3, 0.4) is 0 Å². The molecule has 0 fully saturated rings. The van der Waals surface area contributed by atoms with Crippen LogP contribution in [0.2, 0.25) is 0 Å². The molecule has 5 nitrogen and oxygen atoms in total. The minimum atomic E-state index is -1.58. The summed E-state index contributed by atoms with van der Waals surface area (Å²) in [6, 6.07) is 1.46. The van der Waals surface area contributed by atoms with Gasteiger partial charge in [-0.3, -0.25) is 0 Å². The van der Waals surface area contributed by atoms with Crippen LogP contribution < -0.4 is 0 Å². The van der Waals surface area contributed by atoms with Crippen LogP contribution in [0.5, 0.6) is 0 Å². The second-order valence-corrected chi connectivity index (χ2v) is 3.26. The van der Waals surface area contributed by atoms with Crippen molar-refractivity contribution in [1.29, 1.82) is 0 Å². The normalized spacial score (nSPS) is 10.4. The number of benzene rings is 1. The Morgan fingerprint density at radius 3 is 2.44 bits per heavy atom. The Balaban J connectivity index is 2.43. The standard InChI is InChI=1S/C10H6F3N3O2/c1-18-10(17)8-4-16(15-14-8)5-2-6(11)9(13)7(12)3-5/h2-4H,1H3. The maximum atomic E-state index is 13.0. The fourth-order valence-corrected chi connectivity index (χ4v) is 1.26. The third-order valence-corrected chi connectivity index (χ3v) is 2.12. The van der Waals surface area contributed by atoms with E-state index < -0.39 is 23.4 Å². The molecule has 0 bridgehead atoms. The number of methoxy groups -OCH3 is 1. The quantitative estimate of drug-likeness (QED) is 0.604. The van der Waals surface area contributed by atoms with E-state index in [1.807, 2.05) is 0 Å². The van der Waals surface area contributed by atoms with E-state index in [0.717, 1.165) is 30.1 Å². The summed E-state index contributed by atoms with van der Waals surface area (Å²) in [5.74, 6) is -5.04. The first-order valence-electron chi connectivity index (χ1n) is 4.68. The third kappa shape index (κ3) is 2.04. The number of aromatic nitrogens is 3. The second-order valence-electron chi connectivity index (χ2n) is 3.26. The average Bonchev–Trinajstić information content (AvgIpc) is 2.84. The molecule has 18 heavy (non-hydrogen) atoms. The van der Waals surface area contributed by atoms with E-state index in [1.54, 1.807) is 0 Å². The molecule has 0 atom stereocenters. The largest absolute Gasteiger partial charge is 0.464 e. The lowest BCUT2D eigenvalue weighted by Crippen LogP contribution is -2.01. The summed E-state index contributed by atoms with van der Waals surface area (Å²) in [7, 11) is 1.15. The van der Waals surface area contributed by atoms with Crippen LogP contribution in [-0.4, -0.2) is 28.1 Å². The van der Waals surface area contributed by atoms with Crippen LogP contribution in [0.1, 0.15) is 10.5 Å². The Kier molecular flexibility index (Phi) is 3.00. The predicted octanol–water partition coefficient (Wildman–Crippen LogP) is 1.47. The number of rotatable bonds is 2. The van der Waals surface area contributed by atoms with Gasteiger partial charge >= 0.3 is 5.97 Å². The molecule has 0 saturated carbocycles. The molecule has 0 aliphatic carbocycles. The molecular weight excluding hydrogens is 251 g/mol. The van der Waals surface area contributed by atoms with Crippen molar-refractivity contribution in [3.05, 3.63) is 41.5 Å². The van der Waals surface area contributed by atoms with Crippen LogP contribution >= 0.6 is 0 Å². The predicted molar refractivity (Wildman–Crippen MR) is 52.6 cm³/mol. The van der Waals surface area contributed by atoms with E-state index in [1.165, 1.54) is 0 Å². The molecule has 0 aliphatic heterocycles. The van der Waals surface area contributed by atoms with Crippen LogP contribution in [0.4, 0.5) is 13.2 Å². The first-order valence-corrected chi connectivity index (χ1v) is 4.68. The minimum absolute atomic E-state index is 0.103. The van der Waals surface area contributed by atoms with Crippen molar-refractivity contribution in [1.82, 2.24) is 15.0 Å². The van der Waals surface area contributed by atoms with Gasteiger partial charge in [-0.15, -0.1) is 5.10 Å². The first-order chi connectivity index (χ1) is 8.52. The number of halogens is 3. The SMILES string of the molecule is COC(=O)c1cn(-c2cc(F)c(F)c(F)c2)nn1. The topological polar surface area (TPSA) is 57.0 Å². The van der Waals surface area contributed by atoms with Gasteiger partial charge in [0.15, 0.2) is 23.1 Å². The lowest BCUT2D eigenvalue weighted by Gasteiger charge is -2.01. The molecule has 0 N–H and O–H groups in total. The molecule has 0 spiro atoms. The number of hydrogen-bond donors (Lipinski definition) is 0. The van der Waals surface area contributed by atoms with Crippen LogP contribution in [0, 0.1) is 17.5 Å². The monoisotopic (exact) mass is 257 g/mol. The smallest absolute Gasteiger partial charge is 0.360 e. The average molecular weight is 257 g/mol. The number of hydrogen-bond acceptors (Lipinski definition) is 4. The highest BCUT2D eigenvalue weighted by molar-refractivity contribution is 5.86. The fourth-order valence-electron chi connectivity index (χ4n) is 1.26. The molecule has 8 heteroatoms.